The number of nitrogens with one attached hydrogen (secondary N) is 1. The Balaban J connectivity index is 2.41. The number of methoxy groups -OCH3 is 1. The number of aromatic nitrogens is 2. The third-order valence-electron chi connectivity index (χ3n) is 3.47. The van der Waals surface area contributed by atoms with Gasteiger partial charge < -0.3 is 14.3 Å². The summed E-state index contributed by atoms with van der Waals surface area (Å²) in [5, 5.41) is 9.03. The Bertz CT molecular complexity index is 706. The number of nitrogens with zero attached hydrogens (tertiary/aromatic N) is 2. The molecule has 20 heavy (non-hydrogen) atoms. The van der Waals surface area contributed by atoms with Gasteiger partial charge in [-0.2, -0.15) is 5.26 Å². The van der Waals surface area contributed by atoms with Gasteiger partial charge in [0.1, 0.15) is 0 Å². The SMILES string of the molecule is COCCC(C)(C)Cn1c(=S)[nH]c2ccc(C#N)cc21. The monoisotopic (exact) mass is 289 g/mol. The molecule has 0 fully saturated rings. The fourth-order valence-corrected chi connectivity index (χ4v) is 2.54. The van der Waals surface area contributed by atoms with Crippen molar-refractivity contribution in [2.75, 3.05) is 13.7 Å². The van der Waals surface area contributed by atoms with E-state index < -0.39 is 0 Å². The summed E-state index contributed by atoms with van der Waals surface area (Å²) >= 11 is 5.41. The average Bonchev–Trinajstić information content (AvgIpc) is 2.72. The summed E-state index contributed by atoms with van der Waals surface area (Å²) < 4.78 is 7.93. The van der Waals surface area contributed by atoms with E-state index in [2.05, 4.69) is 29.5 Å². The third kappa shape index (κ3) is 3.09. The molecule has 0 atom stereocenters. The zero-order valence-corrected chi connectivity index (χ0v) is 12.9. The van der Waals surface area contributed by atoms with Crippen molar-refractivity contribution in [1.82, 2.24) is 9.55 Å². The Morgan fingerprint density at radius 1 is 1.45 bits per heavy atom. The molecule has 5 heteroatoms. The molecule has 1 heterocycles. The van der Waals surface area contributed by atoms with Gasteiger partial charge in [-0.05, 0) is 42.3 Å². The Hall–Kier alpha value is -1.64. The highest BCUT2D eigenvalue weighted by Crippen LogP contribution is 2.26. The van der Waals surface area contributed by atoms with E-state index in [1.807, 2.05) is 12.1 Å². The molecular formula is C15H19N3OS. The minimum Gasteiger partial charge on any atom is -0.385 e. The van der Waals surface area contributed by atoms with Crippen molar-refractivity contribution >= 4 is 23.3 Å². The number of imidazole rings is 1. The van der Waals surface area contributed by atoms with Crippen molar-refractivity contribution in [3.05, 3.63) is 28.5 Å². The number of fused-ring (bicyclic) bond motifs is 1. The predicted octanol–water partition coefficient (Wildman–Crippen LogP) is 3.63. The molecule has 2 rings (SSSR count). The summed E-state index contributed by atoms with van der Waals surface area (Å²) in [5.41, 5.74) is 2.68. The maximum Gasteiger partial charge on any atom is 0.178 e. The molecule has 0 saturated carbocycles. The fraction of sp³-hybridized carbons (Fsp3) is 0.467. The van der Waals surface area contributed by atoms with Crippen molar-refractivity contribution < 1.29 is 4.74 Å². The Labute approximate surface area is 124 Å². The van der Waals surface area contributed by atoms with Gasteiger partial charge in [0, 0.05) is 20.3 Å². The zero-order chi connectivity index (χ0) is 14.8. The van der Waals surface area contributed by atoms with Crippen molar-refractivity contribution in [2.24, 2.45) is 5.41 Å². The Morgan fingerprint density at radius 2 is 2.20 bits per heavy atom. The van der Waals surface area contributed by atoms with Gasteiger partial charge in [-0.15, -0.1) is 0 Å². The molecule has 0 unspecified atom stereocenters. The van der Waals surface area contributed by atoms with Gasteiger partial charge in [0.2, 0.25) is 0 Å². The van der Waals surface area contributed by atoms with E-state index >= 15 is 0 Å². The van der Waals surface area contributed by atoms with E-state index in [0.717, 1.165) is 30.6 Å². The molecule has 106 valence electrons. The predicted molar refractivity (Wildman–Crippen MR) is 82.1 cm³/mol. The zero-order valence-electron chi connectivity index (χ0n) is 12.1. The lowest BCUT2D eigenvalue weighted by Crippen LogP contribution is -2.21. The van der Waals surface area contributed by atoms with Crippen LogP contribution in [0.2, 0.25) is 0 Å². The smallest absolute Gasteiger partial charge is 0.178 e. The highest BCUT2D eigenvalue weighted by atomic mass is 32.1. The van der Waals surface area contributed by atoms with Gasteiger partial charge >= 0.3 is 0 Å². The number of hydrogen-bond donors (Lipinski definition) is 1. The summed E-state index contributed by atoms with van der Waals surface area (Å²) in [6, 6.07) is 7.76. The lowest BCUT2D eigenvalue weighted by atomic mass is 9.89. The van der Waals surface area contributed by atoms with E-state index in [1.165, 1.54) is 0 Å². The van der Waals surface area contributed by atoms with E-state index in [9.17, 15) is 0 Å². The first-order chi connectivity index (χ1) is 9.46. The summed E-state index contributed by atoms with van der Waals surface area (Å²) in [7, 11) is 1.71. The highest BCUT2D eigenvalue weighted by molar-refractivity contribution is 7.71. The number of benzene rings is 1. The van der Waals surface area contributed by atoms with Crippen LogP contribution in [-0.2, 0) is 11.3 Å². The van der Waals surface area contributed by atoms with Crippen LogP contribution in [0.5, 0.6) is 0 Å². The highest BCUT2D eigenvalue weighted by Gasteiger charge is 2.20. The van der Waals surface area contributed by atoms with Crippen LogP contribution in [0.3, 0.4) is 0 Å². The molecule has 0 aliphatic rings. The van der Waals surface area contributed by atoms with Crippen LogP contribution in [0, 0.1) is 21.5 Å². The number of ether oxygens (including phenoxy) is 1. The fourth-order valence-electron chi connectivity index (χ4n) is 2.26. The molecule has 1 aromatic carbocycles. The molecule has 0 bridgehead atoms. The van der Waals surface area contributed by atoms with Crippen LogP contribution in [0.4, 0.5) is 0 Å². The number of rotatable bonds is 5. The van der Waals surface area contributed by atoms with Gasteiger partial charge in [-0.3, -0.25) is 0 Å². The minimum absolute atomic E-state index is 0.0754. The summed E-state index contributed by atoms with van der Waals surface area (Å²) in [6.45, 7) is 5.91. The van der Waals surface area contributed by atoms with Gasteiger partial charge in [0.25, 0.3) is 0 Å². The second kappa shape index (κ2) is 5.78. The lowest BCUT2D eigenvalue weighted by Gasteiger charge is -2.25. The quantitative estimate of drug-likeness (QED) is 0.855. The van der Waals surface area contributed by atoms with Crippen molar-refractivity contribution in [2.45, 2.75) is 26.8 Å². The van der Waals surface area contributed by atoms with Crippen LogP contribution in [0.15, 0.2) is 18.2 Å². The van der Waals surface area contributed by atoms with E-state index in [4.69, 9.17) is 22.2 Å². The molecular weight excluding hydrogens is 270 g/mol. The normalized spacial score (nSPS) is 11.7. The van der Waals surface area contributed by atoms with Crippen molar-refractivity contribution in [1.29, 1.82) is 5.26 Å². The van der Waals surface area contributed by atoms with Gasteiger partial charge in [-0.1, -0.05) is 13.8 Å². The van der Waals surface area contributed by atoms with Crippen molar-refractivity contribution in [3.8, 4) is 6.07 Å². The Morgan fingerprint density at radius 3 is 2.85 bits per heavy atom. The summed E-state index contributed by atoms with van der Waals surface area (Å²) in [6.07, 6.45) is 0.954. The van der Waals surface area contributed by atoms with E-state index in [1.54, 1.807) is 13.2 Å². The average molecular weight is 289 g/mol. The number of hydrogen-bond acceptors (Lipinski definition) is 3. The van der Waals surface area contributed by atoms with Crippen molar-refractivity contribution in [3.63, 3.8) is 0 Å². The Kier molecular flexibility index (Phi) is 4.26. The number of H-pyrrole nitrogens is 1. The summed E-state index contributed by atoms with van der Waals surface area (Å²) in [5.74, 6) is 0. The topological polar surface area (TPSA) is 53.7 Å². The van der Waals surface area contributed by atoms with Gasteiger partial charge in [-0.25, -0.2) is 0 Å². The standard InChI is InChI=1S/C15H19N3OS/c1-15(2,6-7-19-3)10-18-13-8-11(9-16)4-5-12(13)17-14(18)20/h4-5,8H,6-7,10H2,1-3H3,(H,17,20). The number of nitriles is 1. The van der Waals surface area contributed by atoms with Gasteiger partial charge in [0.05, 0.1) is 22.7 Å². The first-order valence-electron chi connectivity index (χ1n) is 6.58. The molecule has 1 N–H and O–H groups in total. The molecule has 1 aromatic heterocycles. The van der Waals surface area contributed by atoms with Crippen LogP contribution in [-0.4, -0.2) is 23.3 Å². The molecule has 0 aliphatic heterocycles. The lowest BCUT2D eigenvalue weighted by molar-refractivity contribution is 0.143. The maximum absolute atomic E-state index is 9.03. The largest absolute Gasteiger partial charge is 0.385 e. The van der Waals surface area contributed by atoms with E-state index in [-0.39, 0.29) is 5.41 Å². The first-order valence-corrected chi connectivity index (χ1v) is 6.99. The second-order valence-electron chi connectivity index (χ2n) is 5.77. The van der Waals surface area contributed by atoms with Crippen LogP contribution in [0.25, 0.3) is 11.0 Å². The maximum atomic E-state index is 9.03. The van der Waals surface area contributed by atoms with Crippen LogP contribution < -0.4 is 0 Å². The third-order valence-corrected chi connectivity index (χ3v) is 3.80. The van der Waals surface area contributed by atoms with Crippen LogP contribution in [0.1, 0.15) is 25.8 Å². The minimum atomic E-state index is 0.0754. The molecule has 4 nitrogen and oxygen atoms in total. The molecule has 0 amide bonds. The first kappa shape index (κ1) is 14.8. The molecule has 0 radical (unpaired) electrons. The number of aromatic amines is 1. The van der Waals surface area contributed by atoms with E-state index in [0.29, 0.717) is 10.3 Å². The van der Waals surface area contributed by atoms with Crippen LogP contribution >= 0.6 is 12.2 Å². The van der Waals surface area contributed by atoms with Gasteiger partial charge in [0.15, 0.2) is 4.77 Å². The molecule has 0 spiro atoms. The molecule has 0 saturated heterocycles. The second-order valence-corrected chi connectivity index (χ2v) is 6.15. The molecule has 0 aliphatic carbocycles. The molecule has 2 aromatic rings. The summed E-state index contributed by atoms with van der Waals surface area (Å²) in [4.78, 5) is 3.19.